The average molecular weight is 1090 g/mol. The predicted octanol–water partition coefficient (Wildman–Crippen LogP) is 18.2. The lowest BCUT2D eigenvalue weighted by Crippen LogP contribution is -2.17. The summed E-state index contributed by atoms with van der Waals surface area (Å²) in [6, 6.07) is 53.2. The maximum absolute atomic E-state index is 15.3. The molecular weight excluding hydrogens is 1020 g/mol. The van der Waals surface area contributed by atoms with E-state index in [9.17, 15) is 19.8 Å². The first kappa shape index (κ1) is 55.8. The van der Waals surface area contributed by atoms with E-state index >= 15 is 4.79 Å². The standard InChI is InChI=1S/C72H64N2O7.H2O/c1-40(2)48-25-18-26-49(41(3)4)70(48)73-37-45-35-61(81-60-31-17-14-24-54(60)53-23-12-15-29-57(53)77)65-55-32-33-56(72(79)74-71-50(42(5)6)27-19-28-51(71)43(7)8)64-46(38-75)34-58(78)67(66(55)64)68-62(36-47(39-76)63(45)69(65)68)80-59-30-16-13-22-52(59)44-20-10-9-11-21-44;/h9-36,38-43,73,77-78H,37H2,1-8H3,(H,74,79);1H2. The zero-order valence-corrected chi connectivity index (χ0v) is 47.3. The van der Waals surface area contributed by atoms with Crippen LogP contribution in [0.5, 0.6) is 34.5 Å². The molecule has 0 atom stereocenters. The van der Waals surface area contributed by atoms with Crippen LogP contribution in [0.2, 0.25) is 0 Å². The Labute approximate surface area is 477 Å². The number of carbonyl (C=O) groups excluding carboxylic acids is 3. The van der Waals surface area contributed by atoms with Crippen molar-refractivity contribution >= 4 is 72.9 Å². The molecule has 0 aliphatic heterocycles. The van der Waals surface area contributed by atoms with Crippen LogP contribution in [0.3, 0.4) is 0 Å². The molecule has 10 nitrogen and oxygen atoms in total. The SMILES string of the molecule is CC(C)c1cccc(C(C)C)c1NCc1cc(Oc2ccccc2-c2ccccc2O)c2c3ccc(C(=O)Nc4c(C(C)C)cccc4C(C)C)c4c(C=O)cc(O)c(c5c(Oc6ccccc6-c6ccccc6)cc(C=O)c1c25)c43.O. The van der Waals surface area contributed by atoms with Crippen LogP contribution < -0.4 is 20.1 Å². The van der Waals surface area contributed by atoms with Crippen molar-refractivity contribution in [2.45, 2.75) is 85.6 Å². The molecule has 11 rings (SSSR count). The second-order valence-electron chi connectivity index (χ2n) is 22.1. The molecule has 0 spiro atoms. The number of phenolic OH excluding ortho intramolecular Hbond substituents is 2. The molecule has 6 N–H and O–H groups in total. The van der Waals surface area contributed by atoms with E-state index in [2.05, 4.69) is 84.2 Å². The highest BCUT2D eigenvalue weighted by atomic mass is 16.5. The Morgan fingerprint density at radius 1 is 0.451 bits per heavy atom. The van der Waals surface area contributed by atoms with Crippen LogP contribution in [-0.2, 0) is 6.54 Å². The number of benzene rings is 11. The highest BCUT2D eigenvalue weighted by molar-refractivity contribution is 6.40. The monoisotopic (exact) mass is 1090 g/mol. The molecule has 0 saturated heterocycles. The van der Waals surface area contributed by atoms with Gasteiger partial charge in [0, 0.05) is 83.6 Å². The molecular formula is C72H66N2O8. The summed E-state index contributed by atoms with van der Waals surface area (Å²) >= 11 is 0. The molecule has 412 valence electrons. The smallest absolute Gasteiger partial charge is 0.256 e. The fourth-order valence-corrected chi connectivity index (χ4v) is 11.9. The fraction of sp³-hybridized carbons (Fsp3) is 0.181. The largest absolute Gasteiger partial charge is 0.507 e. The topological polar surface area (TPSA) is 166 Å². The third kappa shape index (κ3) is 9.89. The summed E-state index contributed by atoms with van der Waals surface area (Å²) in [5, 5.41) is 35.0. The Morgan fingerprint density at radius 2 is 0.963 bits per heavy atom. The van der Waals surface area contributed by atoms with E-state index in [1.54, 1.807) is 24.3 Å². The van der Waals surface area contributed by atoms with Crippen molar-refractivity contribution in [2.24, 2.45) is 0 Å². The van der Waals surface area contributed by atoms with Gasteiger partial charge in [0.25, 0.3) is 5.91 Å². The maximum atomic E-state index is 15.3. The number of fused-ring (bicyclic) bond motifs is 2. The molecule has 11 aromatic carbocycles. The number of hydrogen-bond donors (Lipinski definition) is 4. The van der Waals surface area contributed by atoms with Gasteiger partial charge in [0.1, 0.15) is 34.5 Å². The van der Waals surface area contributed by atoms with E-state index < -0.39 is 5.91 Å². The van der Waals surface area contributed by atoms with E-state index in [1.807, 2.05) is 121 Å². The number of ether oxygens (including phenoxy) is 2. The minimum absolute atomic E-state index is 0. The summed E-state index contributed by atoms with van der Waals surface area (Å²) in [7, 11) is 0. The Kier molecular flexibility index (Phi) is 15.6. The highest BCUT2D eigenvalue weighted by Crippen LogP contribution is 2.55. The number of carbonyl (C=O) groups is 3. The third-order valence-electron chi connectivity index (χ3n) is 15.7. The molecule has 1 amide bonds. The summed E-state index contributed by atoms with van der Waals surface area (Å²) in [4.78, 5) is 43.1. The Morgan fingerprint density at radius 3 is 1.55 bits per heavy atom. The Hall–Kier alpha value is -9.51. The normalized spacial score (nSPS) is 11.6. The lowest BCUT2D eigenvalue weighted by Gasteiger charge is -2.26. The van der Waals surface area contributed by atoms with Gasteiger partial charge in [-0.2, -0.15) is 0 Å². The van der Waals surface area contributed by atoms with E-state index in [-0.39, 0.29) is 64.1 Å². The molecule has 0 bridgehead atoms. The zero-order valence-electron chi connectivity index (χ0n) is 47.3. The molecule has 10 heteroatoms. The van der Waals surface area contributed by atoms with Crippen molar-refractivity contribution < 1.29 is 39.5 Å². The van der Waals surface area contributed by atoms with E-state index in [0.717, 1.165) is 45.4 Å². The molecule has 0 heterocycles. The summed E-state index contributed by atoms with van der Waals surface area (Å²) in [6.07, 6.45) is 1.51. The molecule has 0 unspecified atom stereocenters. The third-order valence-corrected chi connectivity index (χ3v) is 15.7. The van der Waals surface area contributed by atoms with Gasteiger partial charge in [0.05, 0.1) is 0 Å². The van der Waals surface area contributed by atoms with Crippen LogP contribution in [0, 0.1) is 0 Å². The van der Waals surface area contributed by atoms with Crippen LogP contribution in [0.25, 0.3) is 65.3 Å². The van der Waals surface area contributed by atoms with Gasteiger partial charge < -0.3 is 35.8 Å². The Bertz CT molecular complexity index is 4200. The van der Waals surface area contributed by atoms with Crippen LogP contribution >= 0.6 is 0 Å². The van der Waals surface area contributed by atoms with Gasteiger partial charge in [0.15, 0.2) is 12.6 Å². The highest BCUT2D eigenvalue weighted by Gasteiger charge is 2.30. The number of amides is 1. The van der Waals surface area contributed by atoms with Gasteiger partial charge in [-0.15, -0.1) is 0 Å². The van der Waals surface area contributed by atoms with E-state index in [4.69, 9.17) is 9.47 Å². The maximum Gasteiger partial charge on any atom is 0.256 e. The van der Waals surface area contributed by atoms with Gasteiger partial charge in [0.2, 0.25) is 0 Å². The van der Waals surface area contributed by atoms with Crippen LogP contribution in [0.15, 0.2) is 170 Å². The van der Waals surface area contributed by atoms with Crippen LogP contribution in [0.4, 0.5) is 11.4 Å². The number of aromatic hydroxyl groups is 2. The number of phenols is 2. The van der Waals surface area contributed by atoms with Gasteiger partial charge in [-0.1, -0.05) is 183 Å². The zero-order chi connectivity index (χ0) is 56.8. The number of aldehydes is 2. The van der Waals surface area contributed by atoms with Crippen molar-refractivity contribution in [1.82, 2.24) is 0 Å². The molecule has 11 aromatic rings. The van der Waals surface area contributed by atoms with Crippen LogP contribution in [0.1, 0.15) is 138 Å². The van der Waals surface area contributed by atoms with Crippen molar-refractivity contribution in [3.8, 4) is 56.8 Å². The molecule has 0 aliphatic carbocycles. The van der Waals surface area contributed by atoms with Gasteiger partial charge in [-0.05, 0) is 110 Å². The second kappa shape index (κ2) is 22.9. The summed E-state index contributed by atoms with van der Waals surface area (Å²) in [6.45, 7) is 17.3. The molecule has 0 fully saturated rings. The number of anilines is 2. The first-order valence-electron chi connectivity index (χ1n) is 27.8. The molecule has 0 aromatic heterocycles. The van der Waals surface area contributed by atoms with Crippen molar-refractivity contribution in [3.63, 3.8) is 0 Å². The molecule has 0 saturated carbocycles. The average Bonchev–Trinajstić information content (AvgIpc) is 1.19. The molecule has 0 aliphatic rings. The van der Waals surface area contributed by atoms with E-state index in [0.29, 0.717) is 94.6 Å². The lowest BCUT2D eigenvalue weighted by atomic mass is 9.83. The molecule has 0 radical (unpaired) electrons. The number of hydrogen-bond acceptors (Lipinski definition) is 8. The number of nitrogens with one attached hydrogen (secondary N) is 2. The van der Waals surface area contributed by atoms with Gasteiger partial charge in [-0.25, -0.2) is 0 Å². The predicted molar refractivity (Wildman–Crippen MR) is 334 cm³/mol. The van der Waals surface area contributed by atoms with Crippen molar-refractivity contribution in [2.75, 3.05) is 10.6 Å². The quantitative estimate of drug-likeness (QED) is 0.0397. The lowest BCUT2D eigenvalue weighted by molar-refractivity contribution is 0.102. The van der Waals surface area contributed by atoms with Crippen molar-refractivity contribution in [1.29, 1.82) is 0 Å². The first-order valence-corrected chi connectivity index (χ1v) is 27.8. The fourth-order valence-electron chi connectivity index (χ4n) is 11.9. The number of rotatable bonds is 17. The van der Waals surface area contributed by atoms with Crippen LogP contribution in [-0.4, -0.2) is 34.2 Å². The molecule has 82 heavy (non-hydrogen) atoms. The Balaban J connectivity index is 0.00000753. The summed E-state index contributed by atoms with van der Waals surface area (Å²) in [5.41, 5.74) is 10.1. The number of para-hydroxylation sites is 5. The summed E-state index contributed by atoms with van der Waals surface area (Å²) < 4.78 is 14.6. The summed E-state index contributed by atoms with van der Waals surface area (Å²) in [5.74, 6) is 1.45. The van der Waals surface area contributed by atoms with Gasteiger partial charge in [-0.3, -0.25) is 14.4 Å². The van der Waals surface area contributed by atoms with E-state index in [1.165, 1.54) is 6.07 Å². The van der Waals surface area contributed by atoms with Crippen molar-refractivity contribution in [3.05, 3.63) is 214 Å². The second-order valence-corrected chi connectivity index (χ2v) is 22.1. The van der Waals surface area contributed by atoms with Gasteiger partial charge >= 0.3 is 0 Å². The minimum Gasteiger partial charge on any atom is -0.507 e. The minimum atomic E-state index is -0.436. The first-order chi connectivity index (χ1) is 39.2.